The van der Waals surface area contributed by atoms with E-state index < -0.39 is 76.3 Å². The van der Waals surface area contributed by atoms with Crippen molar-refractivity contribution < 1.29 is 40.7 Å². The minimum absolute atomic E-state index is 0.200. The molecule has 1 aliphatic rings. The van der Waals surface area contributed by atoms with E-state index >= 15 is 0 Å². The third-order valence-corrected chi connectivity index (χ3v) is 9.03. The van der Waals surface area contributed by atoms with Crippen LogP contribution in [-0.4, -0.2) is 27.9 Å². The van der Waals surface area contributed by atoms with Gasteiger partial charge in [-0.25, -0.2) is 0 Å². The van der Waals surface area contributed by atoms with Gasteiger partial charge in [-0.05, 0) is 73.2 Å². The molecule has 0 bridgehead atoms. The van der Waals surface area contributed by atoms with Crippen LogP contribution in [-0.2, 0) is 18.8 Å². The van der Waals surface area contributed by atoms with Crippen molar-refractivity contribution in [3.63, 3.8) is 0 Å². The third-order valence-electron chi connectivity index (χ3n) is 9.03. The highest BCUT2D eigenvalue weighted by atomic mass is 19.4. The number of halogens is 6. The number of rotatable bonds is 11. The number of amides is 2. The average Bonchev–Trinajstić information content (AvgIpc) is 3.08. The zero-order chi connectivity index (χ0) is 38.7. The molecule has 2 amide bonds. The lowest BCUT2D eigenvalue weighted by Gasteiger charge is -2.33. The number of H-pyrrole nitrogens is 2. The van der Waals surface area contributed by atoms with Crippen molar-refractivity contribution in [3.05, 3.63) is 132 Å². The molecule has 1 aliphatic heterocycles. The van der Waals surface area contributed by atoms with E-state index in [2.05, 4.69) is 10.6 Å². The van der Waals surface area contributed by atoms with Crippen molar-refractivity contribution in [1.29, 1.82) is 0 Å². The van der Waals surface area contributed by atoms with Crippen LogP contribution in [0.25, 0.3) is 0 Å². The summed E-state index contributed by atoms with van der Waals surface area (Å²) >= 11 is 0. The van der Waals surface area contributed by atoms with Gasteiger partial charge in [0.05, 0.1) is 12.1 Å². The maximum atomic E-state index is 14.3. The van der Waals surface area contributed by atoms with Gasteiger partial charge in [0.2, 0.25) is 0 Å². The molecule has 9 nitrogen and oxygen atoms in total. The normalized spacial score (nSPS) is 16.3. The molecule has 4 N–H and O–H groups in total. The van der Waals surface area contributed by atoms with Gasteiger partial charge in [0, 0.05) is 12.0 Å². The number of nitrogens with one attached hydrogen (secondary N) is 4. The molecule has 2 aromatic carbocycles. The maximum absolute atomic E-state index is 14.3. The van der Waals surface area contributed by atoms with E-state index in [1.165, 1.54) is 18.2 Å². The van der Waals surface area contributed by atoms with E-state index in [4.69, 9.17) is 4.74 Å². The van der Waals surface area contributed by atoms with Crippen LogP contribution in [0.2, 0.25) is 0 Å². The van der Waals surface area contributed by atoms with E-state index in [1.54, 1.807) is 4.98 Å². The summed E-state index contributed by atoms with van der Waals surface area (Å²) in [6.45, 7) is 5.73. The number of benzene rings is 2. The first-order valence-corrected chi connectivity index (χ1v) is 17.1. The van der Waals surface area contributed by atoms with Crippen LogP contribution in [0, 0.1) is 6.92 Å². The van der Waals surface area contributed by atoms with Crippen LogP contribution in [0.3, 0.4) is 0 Å². The summed E-state index contributed by atoms with van der Waals surface area (Å²) in [5.74, 6) is -1.48. The lowest BCUT2D eigenvalue weighted by Crippen LogP contribution is -2.38. The fourth-order valence-electron chi connectivity index (χ4n) is 6.39. The lowest BCUT2D eigenvalue weighted by molar-refractivity contribution is -0.142. The van der Waals surface area contributed by atoms with Crippen LogP contribution < -0.4 is 26.5 Å². The van der Waals surface area contributed by atoms with E-state index in [0.717, 1.165) is 23.3 Å². The first kappa shape index (κ1) is 38.9. The number of pyridine rings is 2. The summed E-state index contributed by atoms with van der Waals surface area (Å²) in [5.41, 5.74) is -4.12. The van der Waals surface area contributed by atoms with Gasteiger partial charge in [0.25, 0.3) is 22.9 Å². The number of aromatic amines is 2. The van der Waals surface area contributed by atoms with Gasteiger partial charge in [-0.15, -0.1) is 0 Å². The van der Waals surface area contributed by atoms with Crippen molar-refractivity contribution in [1.82, 2.24) is 20.6 Å². The molecule has 0 saturated heterocycles. The Kier molecular flexibility index (Phi) is 11.5. The predicted octanol–water partition coefficient (Wildman–Crippen LogP) is 7.69. The Bertz CT molecular complexity index is 2090. The fourth-order valence-corrected chi connectivity index (χ4v) is 6.39. The van der Waals surface area contributed by atoms with E-state index in [0.29, 0.717) is 48.6 Å². The predicted molar refractivity (Wildman–Crippen MR) is 184 cm³/mol. The molecule has 3 unspecified atom stereocenters. The molecule has 282 valence electrons. The van der Waals surface area contributed by atoms with E-state index in [-0.39, 0.29) is 18.1 Å². The molecule has 0 radical (unpaired) electrons. The lowest BCUT2D eigenvalue weighted by atomic mass is 9.91. The quantitative estimate of drug-likeness (QED) is 0.117. The topological polar surface area (TPSA) is 133 Å². The Balaban J connectivity index is 1.47. The smallest absolute Gasteiger partial charge is 0.431 e. The molecule has 3 atom stereocenters. The Labute approximate surface area is 300 Å². The van der Waals surface area contributed by atoms with Crippen molar-refractivity contribution in [3.8, 4) is 5.75 Å². The molecular formula is C38H38F6N4O5. The van der Waals surface area contributed by atoms with Crippen molar-refractivity contribution in [2.75, 3.05) is 0 Å². The summed E-state index contributed by atoms with van der Waals surface area (Å²) in [5, 5.41) is 5.47. The van der Waals surface area contributed by atoms with Gasteiger partial charge < -0.3 is 25.3 Å². The molecule has 53 heavy (non-hydrogen) atoms. The summed E-state index contributed by atoms with van der Waals surface area (Å²) < 4.78 is 88.2. The third kappa shape index (κ3) is 9.18. The highest BCUT2D eigenvalue weighted by Crippen LogP contribution is 2.38. The van der Waals surface area contributed by atoms with Gasteiger partial charge in [0.15, 0.2) is 0 Å². The second-order valence-corrected chi connectivity index (χ2v) is 13.1. The maximum Gasteiger partial charge on any atom is 0.431 e. The number of aromatic nitrogens is 2. The Morgan fingerprint density at radius 2 is 1.55 bits per heavy atom. The van der Waals surface area contributed by atoms with Crippen molar-refractivity contribution in [2.24, 2.45) is 0 Å². The molecule has 0 spiro atoms. The van der Waals surface area contributed by atoms with Crippen LogP contribution in [0.15, 0.2) is 70.3 Å². The molecule has 2 aromatic heterocycles. The molecule has 5 rings (SSSR count). The summed E-state index contributed by atoms with van der Waals surface area (Å²) in [7, 11) is 0. The number of carbonyl (C=O) groups excluding carboxylic acids is 2. The number of carbonyl (C=O) groups is 2. The van der Waals surface area contributed by atoms with Crippen LogP contribution in [0.5, 0.6) is 5.75 Å². The standard InChI is InChI=1S/C38H38F6N4O5/c1-4-6-24-19-29(46-33(49)25-13-15-31(37(39,40)41)47-34(25)50)26-17-21(10-14-30(26)53-24)16-23-18-27(36(52)48-32(23)38(42,43)44)35(51)45-28(7-5-2)22-11-8-20(3)9-12-22/h8-15,17-18,24,28-29H,4-7,16,19H2,1-3H3,(H,45,51)(H,46,49)(H,47,50)(H,48,52). The minimum Gasteiger partial charge on any atom is -0.490 e. The van der Waals surface area contributed by atoms with Crippen LogP contribution >= 0.6 is 0 Å². The van der Waals surface area contributed by atoms with Gasteiger partial charge in [-0.3, -0.25) is 19.2 Å². The number of ether oxygens (including phenoxy) is 1. The Morgan fingerprint density at radius 3 is 2.17 bits per heavy atom. The largest absolute Gasteiger partial charge is 0.490 e. The average molecular weight is 745 g/mol. The van der Waals surface area contributed by atoms with Gasteiger partial charge >= 0.3 is 12.4 Å². The number of hydrogen-bond donors (Lipinski definition) is 4. The summed E-state index contributed by atoms with van der Waals surface area (Å²) in [4.78, 5) is 55.5. The van der Waals surface area contributed by atoms with Crippen molar-refractivity contribution >= 4 is 11.8 Å². The zero-order valence-corrected chi connectivity index (χ0v) is 29.1. The molecule has 0 saturated carbocycles. The number of hydrogen-bond acceptors (Lipinski definition) is 5. The Morgan fingerprint density at radius 1 is 0.849 bits per heavy atom. The SMILES string of the molecule is CCCC1CC(NC(=O)c2ccc(C(F)(F)F)[nH]c2=O)c2cc(Cc3cc(C(=O)NC(CCC)c4ccc(C)cc4)c(=O)[nH]c3C(F)(F)F)ccc2O1. The minimum atomic E-state index is -4.98. The second-order valence-electron chi connectivity index (χ2n) is 13.1. The fraction of sp³-hybridized carbons (Fsp3) is 0.368. The number of fused-ring (bicyclic) bond motifs is 1. The number of alkyl halides is 6. The van der Waals surface area contributed by atoms with Crippen molar-refractivity contribution in [2.45, 2.75) is 89.8 Å². The van der Waals surface area contributed by atoms with Gasteiger partial charge in [-0.1, -0.05) is 62.6 Å². The van der Waals surface area contributed by atoms with Gasteiger partial charge in [0.1, 0.15) is 34.4 Å². The van der Waals surface area contributed by atoms with Crippen LogP contribution in [0.4, 0.5) is 26.3 Å². The van der Waals surface area contributed by atoms with E-state index in [1.807, 2.05) is 50.0 Å². The zero-order valence-electron chi connectivity index (χ0n) is 29.1. The van der Waals surface area contributed by atoms with Crippen LogP contribution in [0.1, 0.15) is 118 Å². The van der Waals surface area contributed by atoms with Gasteiger partial charge in [-0.2, -0.15) is 26.3 Å². The monoisotopic (exact) mass is 744 g/mol. The highest BCUT2D eigenvalue weighted by Gasteiger charge is 2.37. The molecular weight excluding hydrogens is 706 g/mol. The Hall–Kier alpha value is -5.34. The molecule has 3 heterocycles. The van der Waals surface area contributed by atoms with E-state index in [9.17, 15) is 45.5 Å². The highest BCUT2D eigenvalue weighted by molar-refractivity contribution is 5.95. The second kappa shape index (κ2) is 15.7. The molecule has 0 aliphatic carbocycles. The molecule has 4 aromatic rings. The first-order valence-electron chi connectivity index (χ1n) is 17.1. The molecule has 0 fully saturated rings. The summed E-state index contributed by atoms with van der Waals surface area (Å²) in [6.07, 6.45) is -7.91. The number of aryl methyl sites for hydroxylation is 1. The summed E-state index contributed by atoms with van der Waals surface area (Å²) in [6, 6.07) is 12.9. The first-order chi connectivity index (χ1) is 25.0. The molecule has 15 heteroatoms.